The summed E-state index contributed by atoms with van der Waals surface area (Å²) < 4.78 is 4.99. The number of phenolic OH excluding ortho intramolecular Hbond substituents is 2. The van der Waals surface area contributed by atoms with Crippen molar-refractivity contribution >= 4 is 11.9 Å². The minimum absolute atomic E-state index is 0.123. The van der Waals surface area contributed by atoms with Crippen LogP contribution in [0.5, 0.6) is 11.5 Å². The first kappa shape index (κ1) is 15.2. The zero-order chi connectivity index (χ0) is 15.4. The van der Waals surface area contributed by atoms with Crippen molar-refractivity contribution in [2.24, 2.45) is 5.92 Å². The summed E-state index contributed by atoms with van der Waals surface area (Å²) in [5, 5.41) is 19.5. The molecule has 1 aromatic rings. The van der Waals surface area contributed by atoms with E-state index in [9.17, 15) is 19.8 Å². The van der Waals surface area contributed by atoms with E-state index in [1.807, 2.05) is 0 Å². The van der Waals surface area contributed by atoms with Gasteiger partial charge in [0.2, 0.25) is 0 Å². The molecule has 0 radical (unpaired) electrons. The monoisotopic (exact) mass is 293 g/mol. The lowest BCUT2D eigenvalue weighted by atomic mass is 9.97. The highest BCUT2D eigenvalue weighted by atomic mass is 16.5. The van der Waals surface area contributed by atoms with Crippen molar-refractivity contribution in [3.05, 3.63) is 23.8 Å². The quantitative estimate of drug-likeness (QED) is 0.825. The van der Waals surface area contributed by atoms with E-state index < -0.39 is 5.91 Å². The zero-order valence-corrected chi connectivity index (χ0v) is 11.9. The summed E-state index contributed by atoms with van der Waals surface area (Å²) >= 11 is 0. The lowest BCUT2D eigenvalue weighted by Gasteiger charge is -2.31. The Balaban J connectivity index is 2.14. The maximum absolute atomic E-state index is 12.4. The van der Waals surface area contributed by atoms with E-state index in [0.29, 0.717) is 26.0 Å². The van der Waals surface area contributed by atoms with Crippen LogP contribution in [0.3, 0.4) is 0 Å². The van der Waals surface area contributed by atoms with E-state index in [4.69, 9.17) is 4.74 Å². The van der Waals surface area contributed by atoms with E-state index in [0.717, 1.165) is 0 Å². The molecule has 0 saturated carbocycles. The van der Waals surface area contributed by atoms with Crippen LogP contribution in [0.4, 0.5) is 0 Å². The SMILES string of the molecule is CCOC(=O)[C@H]1CCCN(C(=O)c2c(O)cccc2O)C1. The molecule has 1 aliphatic heterocycles. The summed E-state index contributed by atoms with van der Waals surface area (Å²) in [6.45, 7) is 2.78. The topological polar surface area (TPSA) is 87.1 Å². The molecule has 2 rings (SSSR count). The molecule has 1 amide bonds. The fourth-order valence-corrected chi connectivity index (χ4v) is 2.52. The van der Waals surface area contributed by atoms with Crippen LogP contribution in [-0.4, -0.2) is 46.7 Å². The third-order valence-corrected chi connectivity index (χ3v) is 3.56. The van der Waals surface area contributed by atoms with Crippen molar-refractivity contribution in [1.29, 1.82) is 0 Å². The standard InChI is InChI=1S/C15H19NO5/c1-2-21-15(20)10-5-4-8-16(9-10)14(19)13-11(17)6-3-7-12(13)18/h3,6-7,10,17-18H,2,4-5,8-9H2,1H3/t10-/m0/s1. The molecular weight excluding hydrogens is 274 g/mol. The second kappa shape index (κ2) is 6.47. The maximum Gasteiger partial charge on any atom is 0.310 e. The van der Waals surface area contributed by atoms with Gasteiger partial charge in [0, 0.05) is 13.1 Å². The molecule has 6 heteroatoms. The van der Waals surface area contributed by atoms with Crippen molar-refractivity contribution in [3.63, 3.8) is 0 Å². The number of hydrogen-bond donors (Lipinski definition) is 2. The molecule has 0 aliphatic carbocycles. The van der Waals surface area contributed by atoms with Gasteiger partial charge < -0.3 is 19.8 Å². The summed E-state index contributed by atoms with van der Waals surface area (Å²) in [6, 6.07) is 4.15. The van der Waals surface area contributed by atoms with E-state index in [1.54, 1.807) is 6.92 Å². The minimum Gasteiger partial charge on any atom is -0.507 e. The number of aromatic hydroxyl groups is 2. The second-order valence-electron chi connectivity index (χ2n) is 5.01. The molecule has 1 atom stereocenters. The lowest BCUT2D eigenvalue weighted by molar-refractivity contribution is -0.149. The molecule has 0 bridgehead atoms. The van der Waals surface area contributed by atoms with Gasteiger partial charge in [0.25, 0.3) is 5.91 Å². The molecule has 0 aromatic heterocycles. The van der Waals surface area contributed by atoms with E-state index in [2.05, 4.69) is 0 Å². The zero-order valence-electron chi connectivity index (χ0n) is 11.9. The Morgan fingerprint density at radius 2 is 2.00 bits per heavy atom. The number of esters is 1. The smallest absolute Gasteiger partial charge is 0.310 e. The highest BCUT2D eigenvalue weighted by Crippen LogP contribution is 2.29. The molecule has 0 unspecified atom stereocenters. The van der Waals surface area contributed by atoms with Crippen molar-refractivity contribution in [1.82, 2.24) is 4.90 Å². The average molecular weight is 293 g/mol. The Morgan fingerprint density at radius 1 is 1.33 bits per heavy atom. The second-order valence-corrected chi connectivity index (χ2v) is 5.01. The number of nitrogens with zero attached hydrogens (tertiary/aromatic N) is 1. The highest BCUT2D eigenvalue weighted by Gasteiger charge is 2.31. The van der Waals surface area contributed by atoms with E-state index in [1.165, 1.54) is 23.1 Å². The maximum atomic E-state index is 12.4. The largest absolute Gasteiger partial charge is 0.507 e. The van der Waals surface area contributed by atoms with Crippen molar-refractivity contribution < 1.29 is 24.5 Å². The van der Waals surface area contributed by atoms with Crippen LogP contribution in [0.25, 0.3) is 0 Å². The van der Waals surface area contributed by atoms with Crippen LogP contribution in [-0.2, 0) is 9.53 Å². The molecule has 0 spiro atoms. The lowest BCUT2D eigenvalue weighted by Crippen LogP contribution is -2.42. The van der Waals surface area contributed by atoms with Gasteiger partial charge in [-0.15, -0.1) is 0 Å². The van der Waals surface area contributed by atoms with Gasteiger partial charge in [-0.3, -0.25) is 9.59 Å². The molecule has 1 aliphatic rings. The summed E-state index contributed by atoms with van der Waals surface area (Å²) in [5.74, 6) is -1.66. The Hall–Kier alpha value is -2.24. The van der Waals surface area contributed by atoms with Crippen molar-refractivity contribution in [3.8, 4) is 11.5 Å². The average Bonchev–Trinajstić information content (AvgIpc) is 2.47. The van der Waals surface area contributed by atoms with Gasteiger partial charge in [-0.25, -0.2) is 0 Å². The Morgan fingerprint density at radius 3 is 2.62 bits per heavy atom. The van der Waals surface area contributed by atoms with Crippen LogP contribution >= 0.6 is 0 Å². The third-order valence-electron chi connectivity index (χ3n) is 3.56. The van der Waals surface area contributed by atoms with Crippen LogP contribution in [0.2, 0.25) is 0 Å². The van der Waals surface area contributed by atoms with Gasteiger partial charge in [0.15, 0.2) is 0 Å². The predicted molar refractivity (Wildman–Crippen MR) is 75.0 cm³/mol. The highest BCUT2D eigenvalue weighted by molar-refractivity contribution is 5.99. The van der Waals surface area contributed by atoms with E-state index >= 15 is 0 Å². The summed E-state index contributed by atoms with van der Waals surface area (Å²) in [5.41, 5.74) is -0.123. The number of carbonyl (C=O) groups is 2. The summed E-state index contributed by atoms with van der Waals surface area (Å²) in [7, 11) is 0. The van der Waals surface area contributed by atoms with Crippen LogP contribution in [0.1, 0.15) is 30.1 Å². The first-order valence-electron chi connectivity index (χ1n) is 7.01. The number of benzene rings is 1. The van der Waals surface area contributed by atoms with Crippen LogP contribution < -0.4 is 0 Å². The van der Waals surface area contributed by atoms with Crippen LogP contribution in [0, 0.1) is 5.92 Å². The number of carbonyl (C=O) groups excluding carboxylic acids is 2. The van der Waals surface area contributed by atoms with Gasteiger partial charge in [-0.1, -0.05) is 6.07 Å². The van der Waals surface area contributed by atoms with Gasteiger partial charge in [0.1, 0.15) is 17.1 Å². The van der Waals surface area contributed by atoms with Crippen LogP contribution in [0.15, 0.2) is 18.2 Å². The number of rotatable bonds is 3. The normalized spacial score (nSPS) is 18.3. The Labute approximate surface area is 122 Å². The number of ether oxygens (including phenoxy) is 1. The first-order valence-corrected chi connectivity index (χ1v) is 7.01. The van der Waals surface area contributed by atoms with E-state index in [-0.39, 0.29) is 35.5 Å². The number of hydrogen-bond acceptors (Lipinski definition) is 5. The Bertz CT molecular complexity index is 523. The number of phenols is 2. The van der Waals surface area contributed by atoms with Crippen molar-refractivity contribution in [2.75, 3.05) is 19.7 Å². The van der Waals surface area contributed by atoms with Gasteiger partial charge in [-0.05, 0) is 31.9 Å². The van der Waals surface area contributed by atoms with Crippen molar-refractivity contribution in [2.45, 2.75) is 19.8 Å². The van der Waals surface area contributed by atoms with Gasteiger partial charge >= 0.3 is 5.97 Å². The number of likely N-dealkylation sites (tertiary alicyclic amines) is 1. The molecule has 114 valence electrons. The van der Waals surface area contributed by atoms with Gasteiger partial charge in [-0.2, -0.15) is 0 Å². The molecule has 1 saturated heterocycles. The number of amides is 1. The molecule has 2 N–H and O–H groups in total. The molecule has 6 nitrogen and oxygen atoms in total. The Kier molecular flexibility index (Phi) is 4.67. The van der Waals surface area contributed by atoms with Gasteiger partial charge in [0.05, 0.1) is 12.5 Å². The molecular formula is C15H19NO5. The molecule has 1 aromatic carbocycles. The third kappa shape index (κ3) is 3.26. The minimum atomic E-state index is -0.473. The molecule has 21 heavy (non-hydrogen) atoms. The summed E-state index contributed by atoms with van der Waals surface area (Å²) in [4.78, 5) is 25.7. The molecule has 1 fully saturated rings. The fourth-order valence-electron chi connectivity index (χ4n) is 2.52. The fraction of sp³-hybridized carbons (Fsp3) is 0.467. The predicted octanol–water partition coefficient (Wildman–Crippen LogP) is 1.51. The number of piperidine rings is 1. The first-order chi connectivity index (χ1) is 10.0. The summed E-state index contributed by atoms with van der Waals surface area (Å²) in [6.07, 6.45) is 1.36. The molecule has 1 heterocycles.